The fourth-order valence-electron chi connectivity index (χ4n) is 2.52. The zero-order valence-electron chi connectivity index (χ0n) is 11.7. The van der Waals surface area contributed by atoms with Crippen molar-refractivity contribution in [3.05, 3.63) is 35.9 Å². The highest BCUT2D eigenvalue weighted by molar-refractivity contribution is 5.89. The maximum Gasteiger partial charge on any atom is 0.333 e. The summed E-state index contributed by atoms with van der Waals surface area (Å²) in [5.74, 6) is -1.24. The lowest BCUT2D eigenvalue weighted by molar-refractivity contribution is -0.148. The molecule has 0 aliphatic carbocycles. The molecule has 0 spiro atoms. The summed E-state index contributed by atoms with van der Waals surface area (Å²) in [6, 6.07) is 8.77. The molecule has 5 nitrogen and oxygen atoms in total. The van der Waals surface area contributed by atoms with Gasteiger partial charge in [0.05, 0.1) is 5.92 Å². The molecule has 0 radical (unpaired) electrons. The lowest BCUT2D eigenvalue weighted by Gasteiger charge is -2.29. The van der Waals surface area contributed by atoms with Crippen LogP contribution in [0.3, 0.4) is 0 Å². The highest BCUT2D eigenvalue weighted by atomic mass is 16.4. The van der Waals surface area contributed by atoms with E-state index in [0.29, 0.717) is 12.1 Å². The number of benzene rings is 1. The van der Waals surface area contributed by atoms with Crippen molar-refractivity contribution in [3.63, 3.8) is 0 Å². The summed E-state index contributed by atoms with van der Waals surface area (Å²) in [7, 11) is 0. The van der Waals surface area contributed by atoms with Crippen LogP contribution < -0.4 is 10.6 Å². The molecule has 0 bridgehead atoms. The van der Waals surface area contributed by atoms with Gasteiger partial charge in [0.2, 0.25) is 5.91 Å². The van der Waals surface area contributed by atoms with Gasteiger partial charge in [0.25, 0.3) is 0 Å². The number of carboxylic acids is 1. The lowest BCUT2D eigenvalue weighted by Crippen LogP contribution is -2.52. The largest absolute Gasteiger partial charge is 0.479 e. The predicted octanol–water partition coefficient (Wildman–Crippen LogP) is 0.958. The van der Waals surface area contributed by atoms with Gasteiger partial charge in [-0.2, -0.15) is 0 Å². The first kappa shape index (κ1) is 14.5. The van der Waals surface area contributed by atoms with Gasteiger partial charge in [0.15, 0.2) is 5.54 Å². The van der Waals surface area contributed by atoms with E-state index in [1.807, 2.05) is 13.0 Å². The summed E-state index contributed by atoms with van der Waals surface area (Å²) in [5.41, 5.74) is -0.833. The molecule has 1 amide bonds. The Morgan fingerprint density at radius 1 is 1.30 bits per heavy atom. The van der Waals surface area contributed by atoms with Crippen molar-refractivity contribution in [2.45, 2.75) is 19.4 Å². The second kappa shape index (κ2) is 5.63. The third-order valence-corrected chi connectivity index (χ3v) is 4.01. The Kier molecular flexibility index (Phi) is 4.09. The molecule has 3 atom stereocenters. The van der Waals surface area contributed by atoms with Crippen molar-refractivity contribution < 1.29 is 14.7 Å². The minimum absolute atomic E-state index is 0.183. The first-order valence-corrected chi connectivity index (χ1v) is 6.77. The zero-order valence-corrected chi connectivity index (χ0v) is 11.7. The van der Waals surface area contributed by atoms with E-state index < -0.39 is 11.5 Å². The number of rotatable bonds is 4. The van der Waals surface area contributed by atoms with Crippen molar-refractivity contribution in [1.29, 1.82) is 0 Å². The molecule has 2 rings (SSSR count). The van der Waals surface area contributed by atoms with E-state index in [-0.39, 0.29) is 17.7 Å². The maximum atomic E-state index is 12.3. The van der Waals surface area contributed by atoms with Crippen molar-refractivity contribution in [2.24, 2.45) is 11.8 Å². The van der Waals surface area contributed by atoms with Crippen LogP contribution >= 0.6 is 0 Å². The Labute approximate surface area is 118 Å². The molecule has 1 aromatic rings. The standard InChI is InChI=1S/C15H20N2O3/c1-10-8-16-9-12(10)13(18)17-15(2,14(19)20)11-6-4-3-5-7-11/h3-7,10,12,16H,8-9H2,1-2H3,(H,17,18)(H,19,20). The molecule has 1 heterocycles. The third-order valence-electron chi connectivity index (χ3n) is 4.01. The Morgan fingerprint density at radius 3 is 2.45 bits per heavy atom. The van der Waals surface area contributed by atoms with Crippen molar-refractivity contribution >= 4 is 11.9 Å². The number of nitrogens with one attached hydrogen (secondary N) is 2. The van der Waals surface area contributed by atoms with Crippen LogP contribution in [0, 0.1) is 11.8 Å². The molecular formula is C15H20N2O3. The lowest BCUT2D eigenvalue weighted by atomic mass is 9.89. The second-order valence-corrected chi connectivity index (χ2v) is 5.53. The smallest absolute Gasteiger partial charge is 0.333 e. The van der Waals surface area contributed by atoms with Crippen LogP contribution in [-0.4, -0.2) is 30.1 Å². The molecule has 1 fully saturated rings. The number of carbonyl (C=O) groups excluding carboxylic acids is 1. The minimum atomic E-state index is -1.40. The summed E-state index contributed by atoms with van der Waals surface area (Å²) in [6.45, 7) is 4.89. The molecule has 3 unspecified atom stereocenters. The summed E-state index contributed by atoms with van der Waals surface area (Å²) >= 11 is 0. The van der Waals surface area contributed by atoms with Crippen molar-refractivity contribution in [1.82, 2.24) is 10.6 Å². The fourth-order valence-corrected chi connectivity index (χ4v) is 2.52. The van der Waals surface area contributed by atoms with E-state index in [1.54, 1.807) is 24.3 Å². The average Bonchev–Trinajstić information content (AvgIpc) is 2.85. The van der Waals surface area contributed by atoms with Crippen LogP contribution in [0.2, 0.25) is 0 Å². The molecule has 20 heavy (non-hydrogen) atoms. The topological polar surface area (TPSA) is 78.4 Å². The van der Waals surface area contributed by atoms with E-state index in [9.17, 15) is 14.7 Å². The molecular weight excluding hydrogens is 256 g/mol. The van der Waals surface area contributed by atoms with Crippen LogP contribution in [-0.2, 0) is 15.1 Å². The van der Waals surface area contributed by atoms with Gasteiger partial charge in [-0.05, 0) is 24.9 Å². The Hall–Kier alpha value is -1.88. The van der Waals surface area contributed by atoms with E-state index in [4.69, 9.17) is 0 Å². The van der Waals surface area contributed by atoms with Gasteiger partial charge in [-0.25, -0.2) is 4.79 Å². The van der Waals surface area contributed by atoms with E-state index in [1.165, 1.54) is 6.92 Å². The molecule has 108 valence electrons. The van der Waals surface area contributed by atoms with Crippen LogP contribution in [0.15, 0.2) is 30.3 Å². The Morgan fingerprint density at radius 2 is 1.95 bits per heavy atom. The Bertz CT molecular complexity index is 503. The second-order valence-electron chi connectivity index (χ2n) is 5.53. The third kappa shape index (κ3) is 2.67. The maximum absolute atomic E-state index is 12.3. The number of aliphatic carboxylic acids is 1. The number of hydrogen-bond donors (Lipinski definition) is 3. The molecule has 1 aliphatic heterocycles. The van der Waals surface area contributed by atoms with Gasteiger partial charge in [0.1, 0.15) is 0 Å². The molecule has 3 N–H and O–H groups in total. The van der Waals surface area contributed by atoms with E-state index >= 15 is 0 Å². The molecule has 1 saturated heterocycles. The van der Waals surface area contributed by atoms with Crippen LogP contribution in [0.1, 0.15) is 19.4 Å². The summed E-state index contributed by atoms with van der Waals surface area (Å²) in [4.78, 5) is 24.0. The van der Waals surface area contributed by atoms with Crippen LogP contribution in [0.4, 0.5) is 0 Å². The van der Waals surface area contributed by atoms with Gasteiger partial charge in [0, 0.05) is 6.54 Å². The summed E-state index contributed by atoms with van der Waals surface area (Å²) < 4.78 is 0. The van der Waals surface area contributed by atoms with Gasteiger partial charge in [-0.3, -0.25) is 4.79 Å². The average molecular weight is 276 g/mol. The first-order chi connectivity index (χ1) is 9.45. The quantitative estimate of drug-likeness (QED) is 0.765. The van der Waals surface area contributed by atoms with Gasteiger partial charge < -0.3 is 15.7 Å². The molecule has 0 saturated carbocycles. The van der Waals surface area contributed by atoms with Crippen LogP contribution in [0.25, 0.3) is 0 Å². The zero-order chi connectivity index (χ0) is 14.8. The van der Waals surface area contributed by atoms with E-state index in [2.05, 4.69) is 10.6 Å². The molecule has 5 heteroatoms. The number of carboxylic acid groups (broad SMARTS) is 1. The number of hydrogen-bond acceptors (Lipinski definition) is 3. The van der Waals surface area contributed by atoms with Crippen molar-refractivity contribution in [2.75, 3.05) is 13.1 Å². The SMILES string of the molecule is CC1CNCC1C(=O)NC(C)(C(=O)O)c1ccccc1. The normalized spacial score (nSPS) is 24.9. The van der Waals surface area contributed by atoms with Gasteiger partial charge in [-0.1, -0.05) is 37.3 Å². The minimum Gasteiger partial charge on any atom is -0.479 e. The summed E-state index contributed by atoms with van der Waals surface area (Å²) in [5, 5.41) is 15.4. The molecule has 1 aromatic carbocycles. The van der Waals surface area contributed by atoms with Gasteiger partial charge >= 0.3 is 5.97 Å². The number of carbonyl (C=O) groups is 2. The van der Waals surface area contributed by atoms with Crippen molar-refractivity contribution in [3.8, 4) is 0 Å². The van der Waals surface area contributed by atoms with Crippen LogP contribution in [0.5, 0.6) is 0 Å². The monoisotopic (exact) mass is 276 g/mol. The highest BCUT2D eigenvalue weighted by Gasteiger charge is 2.40. The fraction of sp³-hybridized carbons (Fsp3) is 0.467. The summed E-state index contributed by atoms with van der Waals surface area (Å²) in [6.07, 6.45) is 0. The molecule has 1 aliphatic rings. The molecule has 0 aromatic heterocycles. The first-order valence-electron chi connectivity index (χ1n) is 6.77. The predicted molar refractivity (Wildman–Crippen MR) is 75.1 cm³/mol. The van der Waals surface area contributed by atoms with Gasteiger partial charge in [-0.15, -0.1) is 0 Å². The number of amides is 1. The van der Waals surface area contributed by atoms with E-state index in [0.717, 1.165) is 6.54 Å². The Balaban J connectivity index is 2.22. The highest BCUT2D eigenvalue weighted by Crippen LogP contribution is 2.23.